The molecule has 1 aromatic heterocycles. The Balaban J connectivity index is 1.62. The van der Waals surface area contributed by atoms with E-state index < -0.39 is 5.97 Å². The van der Waals surface area contributed by atoms with Gasteiger partial charge in [0.15, 0.2) is 0 Å². The Hall–Kier alpha value is -2.21. The lowest BCUT2D eigenvalue weighted by Crippen LogP contribution is -2.46. The van der Waals surface area contributed by atoms with Crippen LogP contribution in [0.25, 0.3) is 0 Å². The standard InChI is InChI=1S/C17H18N2O3S/c1-10-15(16(20)19-13-8-12(9-13)17(21)22)23-14(18-10)7-11-5-3-2-4-6-11/h2-6,12-13H,7-9H2,1H3,(H,19,20)(H,21,22). The molecule has 2 aromatic rings. The topological polar surface area (TPSA) is 79.3 Å². The van der Waals surface area contributed by atoms with Gasteiger partial charge in [0.1, 0.15) is 4.88 Å². The van der Waals surface area contributed by atoms with Crippen LogP contribution in [0.4, 0.5) is 0 Å². The molecule has 1 aromatic carbocycles. The third kappa shape index (κ3) is 3.59. The molecular weight excluding hydrogens is 312 g/mol. The molecule has 1 amide bonds. The van der Waals surface area contributed by atoms with Crippen LogP contribution >= 0.6 is 11.3 Å². The van der Waals surface area contributed by atoms with Crippen molar-refractivity contribution in [1.82, 2.24) is 10.3 Å². The molecule has 2 N–H and O–H groups in total. The Bertz CT molecular complexity index is 721. The van der Waals surface area contributed by atoms with E-state index in [-0.39, 0.29) is 17.9 Å². The highest BCUT2D eigenvalue weighted by atomic mass is 32.1. The summed E-state index contributed by atoms with van der Waals surface area (Å²) in [6, 6.07) is 9.98. The number of carboxylic acid groups (broad SMARTS) is 1. The van der Waals surface area contributed by atoms with Crippen LogP contribution in [0.1, 0.15) is 38.8 Å². The smallest absolute Gasteiger partial charge is 0.306 e. The fraction of sp³-hybridized carbons (Fsp3) is 0.353. The summed E-state index contributed by atoms with van der Waals surface area (Å²) in [4.78, 5) is 28.2. The minimum absolute atomic E-state index is 0.0392. The predicted molar refractivity (Wildman–Crippen MR) is 87.7 cm³/mol. The molecule has 0 saturated heterocycles. The first kappa shape index (κ1) is 15.7. The molecule has 0 aliphatic heterocycles. The molecule has 0 atom stereocenters. The average molecular weight is 330 g/mol. The van der Waals surface area contributed by atoms with E-state index in [4.69, 9.17) is 5.11 Å². The number of thiazole rings is 1. The van der Waals surface area contributed by atoms with Crippen molar-refractivity contribution in [2.45, 2.75) is 32.2 Å². The molecule has 120 valence electrons. The number of nitrogens with one attached hydrogen (secondary N) is 1. The molecule has 1 aliphatic carbocycles. The van der Waals surface area contributed by atoms with Crippen molar-refractivity contribution in [3.8, 4) is 0 Å². The molecular formula is C17H18N2O3S. The normalized spacial score (nSPS) is 19.9. The summed E-state index contributed by atoms with van der Waals surface area (Å²) < 4.78 is 0. The number of rotatable bonds is 5. The van der Waals surface area contributed by atoms with Crippen LogP contribution in [-0.2, 0) is 11.2 Å². The number of hydrogen-bond donors (Lipinski definition) is 2. The van der Waals surface area contributed by atoms with Gasteiger partial charge in [-0.3, -0.25) is 9.59 Å². The van der Waals surface area contributed by atoms with E-state index in [9.17, 15) is 9.59 Å². The molecule has 23 heavy (non-hydrogen) atoms. The highest BCUT2D eigenvalue weighted by Gasteiger charge is 2.35. The van der Waals surface area contributed by atoms with Gasteiger partial charge in [-0.15, -0.1) is 11.3 Å². The summed E-state index contributed by atoms with van der Waals surface area (Å²) >= 11 is 1.41. The highest BCUT2D eigenvalue weighted by molar-refractivity contribution is 7.13. The number of benzene rings is 1. The van der Waals surface area contributed by atoms with Crippen LogP contribution in [0, 0.1) is 12.8 Å². The van der Waals surface area contributed by atoms with Crippen molar-refractivity contribution in [2.24, 2.45) is 5.92 Å². The van der Waals surface area contributed by atoms with Crippen molar-refractivity contribution in [3.63, 3.8) is 0 Å². The molecule has 0 bridgehead atoms. The van der Waals surface area contributed by atoms with Gasteiger partial charge in [-0.2, -0.15) is 0 Å². The van der Waals surface area contributed by atoms with Crippen LogP contribution in [-0.4, -0.2) is 28.0 Å². The SMILES string of the molecule is Cc1nc(Cc2ccccc2)sc1C(=O)NC1CC(C(=O)O)C1. The highest BCUT2D eigenvalue weighted by Crippen LogP contribution is 2.28. The number of amides is 1. The summed E-state index contributed by atoms with van der Waals surface area (Å²) in [6.45, 7) is 1.83. The maximum absolute atomic E-state index is 12.3. The fourth-order valence-electron chi connectivity index (χ4n) is 2.70. The molecule has 5 nitrogen and oxygen atoms in total. The Kier molecular flexibility index (Phi) is 4.43. The Morgan fingerprint density at radius 1 is 1.30 bits per heavy atom. The second kappa shape index (κ2) is 6.50. The second-order valence-electron chi connectivity index (χ2n) is 5.86. The van der Waals surface area contributed by atoms with Crippen molar-refractivity contribution >= 4 is 23.2 Å². The number of carbonyl (C=O) groups is 2. The third-order valence-corrected chi connectivity index (χ3v) is 5.22. The monoisotopic (exact) mass is 330 g/mol. The van der Waals surface area contributed by atoms with E-state index in [1.54, 1.807) is 0 Å². The van der Waals surface area contributed by atoms with E-state index in [0.717, 1.165) is 16.3 Å². The lowest BCUT2D eigenvalue weighted by atomic mass is 9.80. The number of aryl methyl sites for hydroxylation is 1. The summed E-state index contributed by atoms with van der Waals surface area (Å²) in [6.07, 6.45) is 1.73. The molecule has 1 heterocycles. The second-order valence-corrected chi connectivity index (χ2v) is 6.95. The fourth-order valence-corrected chi connectivity index (χ4v) is 3.70. The maximum atomic E-state index is 12.3. The summed E-state index contributed by atoms with van der Waals surface area (Å²) in [5.41, 5.74) is 1.89. The molecule has 0 spiro atoms. The molecule has 1 aliphatic rings. The van der Waals surface area contributed by atoms with E-state index in [1.807, 2.05) is 37.3 Å². The Morgan fingerprint density at radius 3 is 2.65 bits per heavy atom. The lowest BCUT2D eigenvalue weighted by Gasteiger charge is -2.32. The molecule has 0 radical (unpaired) electrons. The first-order valence-corrected chi connectivity index (χ1v) is 8.38. The van der Waals surface area contributed by atoms with E-state index in [2.05, 4.69) is 10.3 Å². The van der Waals surface area contributed by atoms with Gasteiger partial charge in [0.2, 0.25) is 0 Å². The number of carbonyl (C=O) groups excluding carboxylic acids is 1. The van der Waals surface area contributed by atoms with Crippen molar-refractivity contribution in [1.29, 1.82) is 0 Å². The number of nitrogens with zero attached hydrogens (tertiary/aromatic N) is 1. The Labute approximate surface area is 138 Å². The molecule has 1 saturated carbocycles. The minimum Gasteiger partial charge on any atom is -0.481 e. The van der Waals surface area contributed by atoms with Gasteiger partial charge in [-0.25, -0.2) is 4.98 Å². The van der Waals surface area contributed by atoms with E-state index in [0.29, 0.717) is 24.1 Å². The summed E-state index contributed by atoms with van der Waals surface area (Å²) in [5, 5.41) is 12.7. The number of aliphatic carboxylic acids is 1. The van der Waals surface area contributed by atoms with Gasteiger partial charge in [-0.05, 0) is 25.3 Å². The number of hydrogen-bond acceptors (Lipinski definition) is 4. The maximum Gasteiger partial charge on any atom is 0.306 e. The number of carboxylic acids is 1. The van der Waals surface area contributed by atoms with Crippen LogP contribution < -0.4 is 5.32 Å². The van der Waals surface area contributed by atoms with Crippen molar-refractivity contribution in [3.05, 3.63) is 51.5 Å². The quantitative estimate of drug-likeness (QED) is 0.883. The first-order valence-electron chi connectivity index (χ1n) is 7.57. The van der Waals surface area contributed by atoms with Gasteiger partial charge in [0, 0.05) is 12.5 Å². The van der Waals surface area contributed by atoms with Crippen LogP contribution in [0.2, 0.25) is 0 Å². The van der Waals surface area contributed by atoms with Gasteiger partial charge < -0.3 is 10.4 Å². The predicted octanol–water partition coefficient (Wildman–Crippen LogP) is 2.64. The van der Waals surface area contributed by atoms with E-state index in [1.165, 1.54) is 11.3 Å². The summed E-state index contributed by atoms with van der Waals surface area (Å²) in [7, 11) is 0. The average Bonchev–Trinajstić information content (AvgIpc) is 2.83. The van der Waals surface area contributed by atoms with Gasteiger partial charge in [-0.1, -0.05) is 30.3 Å². The van der Waals surface area contributed by atoms with Crippen LogP contribution in [0.15, 0.2) is 30.3 Å². The van der Waals surface area contributed by atoms with Crippen LogP contribution in [0.5, 0.6) is 0 Å². The van der Waals surface area contributed by atoms with Gasteiger partial charge >= 0.3 is 5.97 Å². The minimum atomic E-state index is -0.783. The third-order valence-electron chi connectivity index (χ3n) is 4.07. The van der Waals surface area contributed by atoms with Gasteiger partial charge in [0.25, 0.3) is 5.91 Å². The zero-order valence-electron chi connectivity index (χ0n) is 12.8. The summed E-state index contributed by atoms with van der Waals surface area (Å²) in [5.74, 6) is -1.25. The lowest BCUT2D eigenvalue weighted by molar-refractivity contribution is -0.145. The van der Waals surface area contributed by atoms with E-state index >= 15 is 0 Å². The van der Waals surface area contributed by atoms with Gasteiger partial charge in [0.05, 0.1) is 16.6 Å². The first-order chi connectivity index (χ1) is 11.0. The van der Waals surface area contributed by atoms with Crippen molar-refractivity contribution in [2.75, 3.05) is 0 Å². The number of aromatic nitrogens is 1. The largest absolute Gasteiger partial charge is 0.481 e. The molecule has 6 heteroatoms. The Morgan fingerprint density at radius 2 is 2.00 bits per heavy atom. The molecule has 1 fully saturated rings. The van der Waals surface area contributed by atoms with Crippen molar-refractivity contribution < 1.29 is 14.7 Å². The zero-order valence-corrected chi connectivity index (χ0v) is 13.6. The zero-order chi connectivity index (χ0) is 16.4. The van der Waals surface area contributed by atoms with Crippen LogP contribution in [0.3, 0.4) is 0 Å². The molecule has 3 rings (SSSR count). The molecule has 0 unspecified atom stereocenters.